The van der Waals surface area contributed by atoms with Crippen molar-refractivity contribution in [3.05, 3.63) is 51.7 Å². The first-order chi connectivity index (χ1) is 9.19. The van der Waals surface area contributed by atoms with Gasteiger partial charge in [0.25, 0.3) is 0 Å². The van der Waals surface area contributed by atoms with E-state index in [1.807, 2.05) is 37.3 Å². The number of hydrogen-bond donors (Lipinski definition) is 1. The molecule has 0 aliphatic carbocycles. The van der Waals surface area contributed by atoms with E-state index in [-0.39, 0.29) is 0 Å². The summed E-state index contributed by atoms with van der Waals surface area (Å²) >= 11 is 9.20. The molecule has 0 radical (unpaired) electrons. The van der Waals surface area contributed by atoms with Crippen LogP contribution >= 0.6 is 27.5 Å². The van der Waals surface area contributed by atoms with Gasteiger partial charge in [0.2, 0.25) is 0 Å². The van der Waals surface area contributed by atoms with E-state index in [1.165, 1.54) is 0 Å². The monoisotopic (exact) mass is 340 g/mol. The molecule has 0 fully saturated rings. The molecule has 0 bridgehead atoms. The van der Waals surface area contributed by atoms with Crippen LogP contribution in [0.2, 0.25) is 5.15 Å². The Kier molecular flexibility index (Phi) is 5.05. The van der Waals surface area contributed by atoms with Crippen molar-refractivity contribution in [3.63, 3.8) is 0 Å². The number of anilines is 1. The third-order valence-corrected chi connectivity index (χ3v) is 3.64. The first kappa shape index (κ1) is 14.2. The fourth-order valence-electron chi connectivity index (χ4n) is 1.63. The van der Waals surface area contributed by atoms with Crippen LogP contribution in [0.15, 0.2) is 41.0 Å². The van der Waals surface area contributed by atoms with Crippen molar-refractivity contribution in [1.29, 1.82) is 0 Å². The quantitative estimate of drug-likeness (QED) is 0.813. The Hall–Kier alpha value is -1.26. The Bertz CT molecular complexity index is 563. The lowest BCUT2D eigenvalue weighted by molar-refractivity contribution is 0.340. The number of nitrogens with one attached hydrogen (secondary N) is 1. The Morgan fingerprint density at radius 3 is 2.95 bits per heavy atom. The molecule has 1 heterocycles. The molecule has 1 aromatic heterocycles. The molecule has 2 aromatic rings. The molecule has 0 unspecified atom stereocenters. The summed E-state index contributed by atoms with van der Waals surface area (Å²) in [5.41, 5.74) is 2.06. The van der Waals surface area contributed by atoms with Crippen molar-refractivity contribution in [2.24, 2.45) is 0 Å². The summed E-state index contributed by atoms with van der Waals surface area (Å²) in [4.78, 5) is 4.07. The van der Waals surface area contributed by atoms with Crippen LogP contribution in [0.4, 0.5) is 5.69 Å². The third kappa shape index (κ3) is 4.11. The minimum Gasteiger partial charge on any atom is -0.494 e. The van der Waals surface area contributed by atoms with E-state index in [0.717, 1.165) is 21.5 Å². The highest BCUT2D eigenvalue weighted by Gasteiger charge is 2.01. The molecule has 0 aliphatic heterocycles. The molecule has 0 spiro atoms. The lowest BCUT2D eigenvalue weighted by Gasteiger charge is -2.09. The molecule has 0 saturated carbocycles. The van der Waals surface area contributed by atoms with Crippen molar-refractivity contribution in [2.45, 2.75) is 13.5 Å². The van der Waals surface area contributed by atoms with Crippen LogP contribution in [0.3, 0.4) is 0 Å². The van der Waals surface area contributed by atoms with Crippen molar-refractivity contribution >= 4 is 33.2 Å². The Labute approximate surface area is 126 Å². The van der Waals surface area contributed by atoms with Crippen molar-refractivity contribution in [1.82, 2.24) is 4.98 Å². The average Bonchev–Trinajstić information content (AvgIpc) is 2.41. The van der Waals surface area contributed by atoms with Gasteiger partial charge in [-0.2, -0.15) is 0 Å². The van der Waals surface area contributed by atoms with Crippen LogP contribution < -0.4 is 10.1 Å². The van der Waals surface area contributed by atoms with Gasteiger partial charge < -0.3 is 10.1 Å². The lowest BCUT2D eigenvalue weighted by Crippen LogP contribution is -2.00. The summed E-state index contributed by atoms with van der Waals surface area (Å²) in [6.45, 7) is 3.35. The van der Waals surface area contributed by atoms with Gasteiger partial charge in [0.15, 0.2) is 0 Å². The third-order valence-electron chi connectivity index (χ3n) is 2.50. The SMILES string of the molecule is CCOc1cccc(CNc2cnc(Cl)c(Br)c2)c1. The predicted octanol–water partition coefficient (Wildman–Crippen LogP) is 4.51. The molecule has 1 N–H and O–H groups in total. The molecule has 0 amide bonds. The van der Waals surface area contributed by atoms with Crippen LogP contribution in [-0.2, 0) is 6.54 Å². The van der Waals surface area contributed by atoms with Crippen molar-refractivity contribution < 1.29 is 4.74 Å². The minimum atomic E-state index is 0.462. The Morgan fingerprint density at radius 1 is 1.37 bits per heavy atom. The number of pyridine rings is 1. The fraction of sp³-hybridized carbons (Fsp3) is 0.214. The second-order valence-electron chi connectivity index (χ2n) is 3.93. The van der Waals surface area contributed by atoms with Gasteiger partial charge >= 0.3 is 0 Å². The molecule has 100 valence electrons. The van der Waals surface area contributed by atoms with E-state index in [4.69, 9.17) is 16.3 Å². The van der Waals surface area contributed by atoms with E-state index in [0.29, 0.717) is 18.3 Å². The van der Waals surface area contributed by atoms with Crippen LogP contribution in [-0.4, -0.2) is 11.6 Å². The number of benzene rings is 1. The topological polar surface area (TPSA) is 34.1 Å². The van der Waals surface area contributed by atoms with Crippen LogP contribution in [0.5, 0.6) is 5.75 Å². The molecular formula is C14H14BrClN2O. The largest absolute Gasteiger partial charge is 0.494 e. The molecule has 19 heavy (non-hydrogen) atoms. The average molecular weight is 342 g/mol. The molecule has 0 atom stereocenters. The zero-order valence-electron chi connectivity index (χ0n) is 10.5. The number of nitrogens with zero attached hydrogens (tertiary/aromatic N) is 1. The van der Waals surface area contributed by atoms with E-state index < -0.39 is 0 Å². The summed E-state index contributed by atoms with van der Waals surface area (Å²) in [6.07, 6.45) is 1.71. The van der Waals surface area contributed by atoms with E-state index in [1.54, 1.807) is 6.20 Å². The lowest BCUT2D eigenvalue weighted by atomic mass is 10.2. The van der Waals surface area contributed by atoms with Gasteiger partial charge in [0, 0.05) is 6.54 Å². The van der Waals surface area contributed by atoms with E-state index >= 15 is 0 Å². The molecular weight excluding hydrogens is 328 g/mol. The van der Waals surface area contributed by atoms with Gasteiger partial charge in [0.1, 0.15) is 10.9 Å². The van der Waals surface area contributed by atoms with Crippen molar-refractivity contribution in [3.8, 4) is 5.75 Å². The summed E-state index contributed by atoms with van der Waals surface area (Å²) in [6, 6.07) is 9.91. The number of rotatable bonds is 5. The summed E-state index contributed by atoms with van der Waals surface area (Å²) in [5.74, 6) is 0.886. The number of hydrogen-bond acceptors (Lipinski definition) is 3. The Balaban J connectivity index is 2.01. The molecule has 3 nitrogen and oxygen atoms in total. The van der Waals surface area contributed by atoms with E-state index in [2.05, 4.69) is 26.2 Å². The predicted molar refractivity (Wildman–Crippen MR) is 81.9 cm³/mol. The maximum Gasteiger partial charge on any atom is 0.143 e. The van der Waals surface area contributed by atoms with Gasteiger partial charge in [-0.25, -0.2) is 4.98 Å². The van der Waals surface area contributed by atoms with Gasteiger partial charge in [-0.05, 0) is 46.6 Å². The van der Waals surface area contributed by atoms with Crippen LogP contribution in [0, 0.1) is 0 Å². The number of ether oxygens (including phenoxy) is 1. The van der Waals surface area contributed by atoms with Gasteiger partial charge in [-0.15, -0.1) is 0 Å². The highest BCUT2D eigenvalue weighted by Crippen LogP contribution is 2.23. The molecule has 5 heteroatoms. The first-order valence-electron chi connectivity index (χ1n) is 5.95. The zero-order valence-corrected chi connectivity index (χ0v) is 12.8. The van der Waals surface area contributed by atoms with Crippen LogP contribution in [0.25, 0.3) is 0 Å². The van der Waals surface area contributed by atoms with Gasteiger partial charge in [0.05, 0.1) is 23.0 Å². The second kappa shape index (κ2) is 6.78. The molecule has 2 rings (SSSR count). The van der Waals surface area contributed by atoms with Crippen LogP contribution in [0.1, 0.15) is 12.5 Å². The van der Waals surface area contributed by atoms with Gasteiger partial charge in [-0.3, -0.25) is 0 Å². The maximum absolute atomic E-state index is 5.85. The minimum absolute atomic E-state index is 0.462. The fourth-order valence-corrected chi connectivity index (χ4v) is 2.09. The molecule has 1 aromatic carbocycles. The molecule has 0 aliphatic rings. The molecule has 0 saturated heterocycles. The highest BCUT2D eigenvalue weighted by molar-refractivity contribution is 9.10. The normalized spacial score (nSPS) is 10.3. The first-order valence-corrected chi connectivity index (χ1v) is 7.13. The highest BCUT2D eigenvalue weighted by atomic mass is 79.9. The second-order valence-corrected chi connectivity index (χ2v) is 5.14. The standard InChI is InChI=1S/C14H14BrClN2O/c1-2-19-12-5-3-4-10(6-12)8-17-11-7-13(15)14(16)18-9-11/h3-7,9,17H,2,8H2,1H3. The maximum atomic E-state index is 5.85. The summed E-state index contributed by atoms with van der Waals surface area (Å²) < 4.78 is 6.25. The van der Waals surface area contributed by atoms with E-state index in [9.17, 15) is 0 Å². The Morgan fingerprint density at radius 2 is 2.21 bits per heavy atom. The zero-order chi connectivity index (χ0) is 13.7. The van der Waals surface area contributed by atoms with Crippen molar-refractivity contribution in [2.75, 3.05) is 11.9 Å². The number of halogens is 2. The summed E-state index contributed by atoms with van der Waals surface area (Å²) in [7, 11) is 0. The number of aromatic nitrogens is 1. The van der Waals surface area contributed by atoms with Gasteiger partial charge in [-0.1, -0.05) is 23.7 Å². The smallest absolute Gasteiger partial charge is 0.143 e. The summed E-state index contributed by atoms with van der Waals surface area (Å²) in [5, 5.41) is 3.75.